The summed E-state index contributed by atoms with van der Waals surface area (Å²) >= 11 is 0. The molecule has 2 N–H and O–H groups in total. The van der Waals surface area contributed by atoms with Crippen LogP contribution in [0.3, 0.4) is 0 Å². The van der Waals surface area contributed by atoms with Crippen LogP contribution in [0.25, 0.3) is 0 Å². The lowest BCUT2D eigenvalue weighted by molar-refractivity contribution is -0.127. The average molecular weight is 440 g/mol. The quantitative estimate of drug-likeness (QED) is 0.625. The number of benzene rings is 2. The van der Waals surface area contributed by atoms with E-state index in [1.165, 1.54) is 12.0 Å². The Balaban J connectivity index is 1.85. The molecule has 170 valence electrons. The zero-order valence-electron chi connectivity index (χ0n) is 18.5. The van der Waals surface area contributed by atoms with Gasteiger partial charge in [-0.1, -0.05) is 49.4 Å². The van der Waals surface area contributed by atoms with Gasteiger partial charge in [-0.05, 0) is 36.6 Å². The molecule has 1 aliphatic rings. The van der Waals surface area contributed by atoms with Gasteiger partial charge in [0.2, 0.25) is 11.8 Å². The number of ether oxygens (including phenoxy) is 2. The molecular formula is C24H29N3O5. The molecule has 8 heteroatoms. The van der Waals surface area contributed by atoms with Gasteiger partial charge in [-0.3, -0.25) is 14.5 Å². The standard InChI is InChI=1S/C24H29N3O5/c1-4-16(2)25-23(29)21-22(18-10-12-19(13-11-18)26-20(28)15-31-3)32-24(30)27(21)14-17-8-6-5-7-9-17/h5-13,16,21-22H,4,14-15H2,1-3H3,(H,25,29)(H,26,28)/t16-,21-,22+/m0/s1. The van der Waals surface area contributed by atoms with Gasteiger partial charge < -0.3 is 20.1 Å². The van der Waals surface area contributed by atoms with Crippen molar-refractivity contribution in [1.29, 1.82) is 0 Å². The minimum atomic E-state index is -0.814. The highest BCUT2D eigenvalue weighted by Gasteiger charge is 2.47. The van der Waals surface area contributed by atoms with E-state index in [1.807, 2.05) is 44.2 Å². The monoisotopic (exact) mass is 439 g/mol. The first kappa shape index (κ1) is 23.3. The SMILES string of the molecule is CC[C@H](C)NC(=O)[C@@H]1[C@@H](c2ccc(NC(=O)COC)cc2)OC(=O)N1Cc1ccccc1. The first-order valence-corrected chi connectivity index (χ1v) is 10.6. The van der Waals surface area contributed by atoms with Gasteiger partial charge in [-0.2, -0.15) is 0 Å². The number of carbonyl (C=O) groups excluding carboxylic acids is 3. The fraction of sp³-hybridized carbons (Fsp3) is 0.375. The van der Waals surface area contributed by atoms with Crippen molar-refractivity contribution in [2.24, 2.45) is 0 Å². The van der Waals surface area contributed by atoms with E-state index >= 15 is 0 Å². The van der Waals surface area contributed by atoms with Gasteiger partial charge in [-0.25, -0.2) is 4.79 Å². The van der Waals surface area contributed by atoms with E-state index in [1.54, 1.807) is 24.3 Å². The second kappa shape index (κ2) is 10.8. The second-order valence-corrected chi connectivity index (χ2v) is 7.78. The Morgan fingerprint density at radius 3 is 2.44 bits per heavy atom. The summed E-state index contributed by atoms with van der Waals surface area (Å²) in [7, 11) is 1.45. The summed E-state index contributed by atoms with van der Waals surface area (Å²) < 4.78 is 10.5. The molecule has 0 aromatic heterocycles. The third-order valence-electron chi connectivity index (χ3n) is 5.35. The first-order chi connectivity index (χ1) is 15.4. The van der Waals surface area contributed by atoms with Crippen molar-refractivity contribution in [1.82, 2.24) is 10.2 Å². The Morgan fingerprint density at radius 2 is 1.81 bits per heavy atom. The minimum Gasteiger partial charge on any atom is -0.438 e. The zero-order valence-corrected chi connectivity index (χ0v) is 18.5. The molecule has 0 aliphatic carbocycles. The molecule has 0 radical (unpaired) electrons. The predicted molar refractivity (Wildman–Crippen MR) is 120 cm³/mol. The summed E-state index contributed by atoms with van der Waals surface area (Å²) in [6.07, 6.45) is -0.536. The van der Waals surface area contributed by atoms with Crippen LogP contribution in [0.15, 0.2) is 54.6 Å². The topological polar surface area (TPSA) is 97.0 Å². The molecule has 2 aromatic carbocycles. The van der Waals surface area contributed by atoms with Gasteiger partial charge in [0.05, 0.1) is 6.54 Å². The van der Waals surface area contributed by atoms with Gasteiger partial charge in [0.1, 0.15) is 6.61 Å². The van der Waals surface area contributed by atoms with Crippen LogP contribution < -0.4 is 10.6 Å². The molecule has 1 saturated heterocycles. The fourth-order valence-corrected chi connectivity index (χ4v) is 3.50. The molecule has 0 saturated carbocycles. The molecule has 2 aromatic rings. The number of cyclic esters (lactones) is 1. The largest absolute Gasteiger partial charge is 0.438 e. The fourth-order valence-electron chi connectivity index (χ4n) is 3.50. The molecule has 1 aliphatic heterocycles. The maximum Gasteiger partial charge on any atom is 0.411 e. The number of carbonyl (C=O) groups is 3. The third kappa shape index (κ3) is 5.64. The van der Waals surface area contributed by atoms with E-state index in [2.05, 4.69) is 10.6 Å². The van der Waals surface area contributed by atoms with Crippen molar-refractivity contribution in [3.8, 4) is 0 Å². The van der Waals surface area contributed by atoms with E-state index in [9.17, 15) is 14.4 Å². The van der Waals surface area contributed by atoms with Gasteiger partial charge >= 0.3 is 6.09 Å². The maximum atomic E-state index is 13.2. The number of methoxy groups -OCH3 is 1. The molecule has 3 amide bonds. The van der Waals surface area contributed by atoms with Gasteiger partial charge in [0.25, 0.3) is 0 Å². The lowest BCUT2D eigenvalue weighted by Gasteiger charge is -2.25. The van der Waals surface area contributed by atoms with E-state index in [-0.39, 0.29) is 31.0 Å². The lowest BCUT2D eigenvalue weighted by atomic mass is 10.00. The van der Waals surface area contributed by atoms with Crippen LogP contribution in [0.2, 0.25) is 0 Å². The summed E-state index contributed by atoms with van der Waals surface area (Å²) in [6, 6.07) is 15.5. The van der Waals surface area contributed by atoms with Crippen LogP contribution in [-0.2, 0) is 25.6 Å². The predicted octanol–water partition coefficient (Wildman–Crippen LogP) is 3.25. The molecule has 3 rings (SSSR count). The molecule has 3 atom stereocenters. The molecule has 1 heterocycles. The Bertz CT molecular complexity index is 932. The van der Waals surface area contributed by atoms with Crippen molar-refractivity contribution >= 4 is 23.6 Å². The van der Waals surface area contributed by atoms with Crippen LogP contribution in [-0.4, -0.2) is 48.6 Å². The van der Waals surface area contributed by atoms with E-state index < -0.39 is 18.2 Å². The molecule has 0 spiro atoms. The molecule has 0 bridgehead atoms. The van der Waals surface area contributed by atoms with Crippen LogP contribution in [0, 0.1) is 0 Å². The highest BCUT2D eigenvalue weighted by molar-refractivity contribution is 5.92. The molecule has 32 heavy (non-hydrogen) atoms. The molecule has 8 nitrogen and oxygen atoms in total. The normalized spacial score (nSPS) is 18.7. The smallest absolute Gasteiger partial charge is 0.411 e. The summed E-state index contributed by atoms with van der Waals surface area (Å²) in [6.45, 7) is 4.12. The van der Waals surface area contributed by atoms with Crippen molar-refractivity contribution in [2.75, 3.05) is 19.0 Å². The minimum absolute atomic E-state index is 0.0317. The van der Waals surface area contributed by atoms with E-state index in [4.69, 9.17) is 9.47 Å². The van der Waals surface area contributed by atoms with Gasteiger partial charge in [-0.15, -0.1) is 0 Å². The summed E-state index contributed by atoms with van der Waals surface area (Å²) in [4.78, 5) is 39.1. The van der Waals surface area contributed by atoms with Crippen molar-refractivity contribution in [2.45, 2.75) is 45.0 Å². The Labute approximate surface area is 187 Å². The number of nitrogens with zero attached hydrogens (tertiary/aromatic N) is 1. The van der Waals surface area contributed by atoms with Gasteiger partial charge in [0, 0.05) is 18.8 Å². The Hall–Kier alpha value is -3.39. The van der Waals surface area contributed by atoms with Crippen LogP contribution in [0.1, 0.15) is 37.5 Å². The number of amides is 3. The number of rotatable bonds is 9. The molecule has 1 fully saturated rings. The average Bonchev–Trinajstić information content (AvgIpc) is 3.11. The summed E-state index contributed by atoms with van der Waals surface area (Å²) in [5.74, 6) is -0.531. The van der Waals surface area contributed by atoms with Gasteiger partial charge in [0.15, 0.2) is 12.1 Å². The van der Waals surface area contributed by atoms with Crippen LogP contribution in [0.4, 0.5) is 10.5 Å². The number of hydrogen-bond acceptors (Lipinski definition) is 5. The summed E-state index contributed by atoms with van der Waals surface area (Å²) in [5.41, 5.74) is 2.16. The van der Waals surface area contributed by atoms with Crippen molar-refractivity contribution < 1.29 is 23.9 Å². The zero-order chi connectivity index (χ0) is 23.1. The lowest BCUT2D eigenvalue weighted by Crippen LogP contribution is -2.48. The highest BCUT2D eigenvalue weighted by Crippen LogP contribution is 2.34. The number of anilines is 1. The molecular weight excluding hydrogens is 410 g/mol. The van der Waals surface area contributed by atoms with Crippen LogP contribution >= 0.6 is 0 Å². The number of nitrogens with one attached hydrogen (secondary N) is 2. The van der Waals surface area contributed by atoms with Crippen LogP contribution in [0.5, 0.6) is 0 Å². The Morgan fingerprint density at radius 1 is 1.12 bits per heavy atom. The first-order valence-electron chi connectivity index (χ1n) is 10.6. The van der Waals surface area contributed by atoms with Crippen molar-refractivity contribution in [3.63, 3.8) is 0 Å². The third-order valence-corrected chi connectivity index (χ3v) is 5.35. The number of hydrogen-bond donors (Lipinski definition) is 2. The maximum absolute atomic E-state index is 13.2. The second-order valence-electron chi connectivity index (χ2n) is 7.78. The van der Waals surface area contributed by atoms with E-state index in [0.29, 0.717) is 11.3 Å². The molecule has 0 unspecified atom stereocenters. The highest BCUT2D eigenvalue weighted by atomic mass is 16.6. The van der Waals surface area contributed by atoms with E-state index in [0.717, 1.165) is 12.0 Å². The van der Waals surface area contributed by atoms with Crippen molar-refractivity contribution in [3.05, 3.63) is 65.7 Å². The summed E-state index contributed by atoms with van der Waals surface area (Å²) in [5, 5.41) is 5.69. The Kier molecular flexibility index (Phi) is 7.83.